The van der Waals surface area contributed by atoms with E-state index in [4.69, 9.17) is 10.9 Å². The van der Waals surface area contributed by atoms with Gasteiger partial charge in [0, 0.05) is 11.2 Å². The fourth-order valence-electron chi connectivity index (χ4n) is 1.87. The molecule has 0 unspecified atom stereocenters. The molecule has 4 heteroatoms. The van der Waals surface area contributed by atoms with Crippen LogP contribution in [0.5, 0.6) is 0 Å². The highest BCUT2D eigenvalue weighted by Crippen LogP contribution is 2.24. The molecule has 106 valence electrons. The van der Waals surface area contributed by atoms with E-state index in [2.05, 4.69) is 36.3 Å². The van der Waals surface area contributed by atoms with Crippen LogP contribution in [0, 0.1) is 12.3 Å². The van der Waals surface area contributed by atoms with Gasteiger partial charge < -0.3 is 10.9 Å². The van der Waals surface area contributed by atoms with Crippen LogP contribution in [0.3, 0.4) is 0 Å². The quantitative estimate of drug-likeness (QED) is 0.263. The number of oxime groups is 1. The lowest BCUT2D eigenvalue weighted by Gasteiger charge is -2.22. The molecule has 19 heavy (non-hydrogen) atoms. The summed E-state index contributed by atoms with van der Waals surface area (Å²) in [5.74, 6) is 2.46. The molecule has 0 atom stereocenters. The molecule has 3 nitrogen and oxygen atoms in total. The molecule has 0 heterocycles. The van der Waals surface area contributed by atoms with E-state index in [0.717, 1.165) is 24.3 Å². The summed E-state index contributed by atoms with van der Waals surface area (Å²) in [7, 11) is 0. The smallest absolute Gasteiger partial charge is 0.144 e. The second-order valence-electron chi connectivity index (χ2n) is 5.51. The monoisotopic (exact) mass is 280 g/mol. The molecule has 0 fully saturated rings. The van der Waals surface area contributed by atoms with Crippen molar-refractivity contribution in [1.82, 2.24) is 0 Å². The summed E-state index contributed by atoms with van der Waals surface area (Å²) in [4.78, 5) is 0. The number of benzene rings is 1. The lowest BCUT2D eigenvalue weighted by molar-refractivity contribution is 0.305. The van der Waals surface area contributed by atoms with E-state index in [1.807, 2.05) is 25.6 Å². The van der Waals surface area contributed by atoms with Crippen molar-refractivity contribution in [2.45, 2.75) is 39.4 Å². The zero-order valence-electron chi connectivity index (χ0n) is 12.0. The average Bonchev–Trinajstić information content (AvgIpc) is 2.37. The zero-order chi connectivity index (χ0) is 14.3. The van der Waals surface area contributed by atoms with Gasteiger partial charge in [-0.15, -0.1) is 0 Å². The van der Waals surface area contributed by atoms with Crippen molar-refractivity contribution in [1.29, 1.82) is 0 Å². The Balaban J connectivity index is 2.25. The van der Waals surface area contributed by atoms with Crippen LogP contribution in [-0.4, -0.2) is 16.8 Å². The summed E-state index contributed by atoms with van der Waals surface area (Å²) >= 11 is 1.93. The number of thioether (sulfide) groups is 1. The van der Waals surface area contributed by atoms with Crippen molar-refractivity contribution in [3.05, 3.63) is 35.4 Å². The third kappa shape index (κ3) is 5.55. The first-order chi connectivity index (χ1) is 8.95. The first kappa shape index (κ1) is 15.9. The van der Waals surface area contributed by atoms with Gasteiger partial charge in [0.1, 0.15) is 5.84 Å². The molecular formula is C15H24N2OS. The largest absolute Gasteiger partial charge is 0.409 e. The van der Waals surface area contributed by atoms with Gasteiger partial charge in [-0.1, -0.05) is 48.8 Å². The maximum absolute atomic E-state index is 8.71. The fourth-order valence-corrected chi connectivity index (χ4v) is 2.78. The van der Waals surface area contributed by atoms with Crippen molar-refractivity contribution in [3.8, 4) is 0 Å². The van der Waals surface area contributed by atoms with Crippen LogP contribution in [0.4, 0.5) is 0 Å². The summed E-state index contributed by atoms with van der Waals surface area (Å²) in [6.45, 7) is 6.13. The Kier molecular flexibility index (Phi) is 6.22. The van der Waals surface area contributed by atoms with Crippen LogP contribution in [0.25, 0.3) is 0 Å². The topological polar surface area (TPSA) is 58.6 Å². The van der Waals surface area contributed by atoms with Crippen molar-refractivity contribution in [3.63, 3.8) is 0 Å². The van der Waals surface area contributed by atoms with Crippen LogP contribution in [0.2, 0.25) is 0 Å². The van der Waals surface area contributed by atoms with Crippen molar-refractivity contribution < 1.29 is 5.21 Å². The van der Waals surface area contributed by atoms with Gasteiger partial charge in [-0.2, -0.15) is 11.8 Å². The Morgan fingerprint density at radius 1 is 1.42 bits per heavy atom. The highest BCUT2D eigenvalue weighted by atomic mass is 32.2. The number of rotatable bonds is 7. The standard InChI is InChI=1S/C15H24N2OS/c1-12-6-4-7-13(10-12)11-19-9-5-8-15(2,3)14(16)17-18/h4,6-7,10,18H,5,8-9,11H2,1-3H3,(H2,16,17). The zero-order valence-corrected chi connectivity index (χ0v) is 12.8. The van der Waals surface area contributed by atoms with E-state index in [9.17, 15) is 0 Å². The minimum absolute atomic E-state index is 0.224. The van der Waals surface area contributed by atoms with Gasteiger partial charge in [0.05, 0.1) is 0 Å². The summed E-state index contributed by atoms with van der Waals surface area (Å²) in [6, 6.07) is 8.62. The minimum atomic E-state index is -0.224. The van der Waals surface area contributed by atoms with Gasteiger partial charge >= 0.3 is 0 Å². The molecule has 0 aliphatic carbocycles. The van der Waals surface area contributed by atoms with Crippen molar-refractivity contribution >= 4 is 17.6 Å². The fraction of sp³-hybridized carbons (Fsp3) is 0.533. The Bertz CT molecular complexity index is 430. The number of nitrogens with two attached hydrogens (primary N) is 1. The van der Waals surface area contributed by atoms with Crippen LogP contribution in [-0.2, 0) is 5.75 Å². The lowest BCUT2D eigenvalue weighted by Crippen LogP contribution is -2.31. The number of nitrogens with zero attached hydrogens (tertiary/aromatic N) is 1. The molecule has 0 saturated carbocycles. The molecule has 0 saturated heterocycles. The maximum Gasteiger partial charge on any atom is 0.144 e. The lowest BCUT2D eigenvalue weighted by atomic mass is 9.87. The SMILES string of the molecule is Cc1cccc(CSCCCC(C)(C)C(N)=NO)c1. The highest BCUT2D eigenvalue weighted by molar-refractivity contribution is 7.98. The molecule has 1 rings (SSSR count). The third-order valence-electron chi connectivity index (χ3n) is 3.24. The Morgan fingerprint density at radius 3 is 2.79 bits per heavy atom. The predicted molar refractivity (Wildman–Crippen MR) is 83.8 cm³/mol. The molecule has 0 aliphatic heterocycles. The minimum Gasteiger partial charge on any atom is -0.409 e. The first-order valence-electron chi connectivity index (χ1n) is 6.57. The number of hydrogen-bond acceptors (Lipinski definition) is 3. The molecule has 0 aromatic heterocycles. The average molecular weight is 280 g/mol. The second-order valence-corrected chi connectivity index (χ2v) is 6.62. The molecule has 0 bridgehead atoms. The first-order valence-corrected chi connectivity index (χ1v) is 7.72. The highest BCUT2D eigenvalue weighted by Gasteiger charge is 2.22. The summed E-state index contributed by atoms with van der Waals surface area (Å²) in [5, 5.41) is 11.8. The van der Waals surface area contributed by atoms with E-state index in [-0.39, 0.29) is 5.41 Å². The van der Waals surface area contributed by atoms with Gasteiger partial charge in [0.25, 0.3) is 0 Å². The van der Waals surface area contributed by atoms with E-state index < -0.39 is 0 Å². The number of hydrogen-bond donors (Lipinski definition) is 2. The molecule has 3 N–H and O–H groups in total. The third-order valence-corrected chi connectivity index (χ3v) is 4.36. The molecule has 1 aromatic rings. The van der Waals surface area contributed by atoms with Gasteiger partial charge in [-0.25, -0.2) is 0 Å². The Hall–Kier alpha value is -1.16. The predicted octanol–water partition coefficient (Wildman–Crippen LogP) is 3.78. The van der Waals surface area contributed by atoms with E-state index >= 15 is 0 Å². The summed E-state index contributed by atoms with van der Waals surface area (Å²) < 4.78 is 0. The van der Waals surface area contributed by atoms with E-state index in [0.29, 0.717) is 5.84 Å². The number of amidine groups is 1. The van der Waals surface area contributed by atoms with E-state index in [1.165, 1.54) is 11.1 Å². The van der Waals surface area contributed by atoms with Gasteiger partial charge in [-0.3, -0.25) is 0 Å². The van der Waals surface area contributed by atoms with Gasteiger partial charge in [-0.05, 0) is 31.1 Å². The van der Waals surface area contributed by atoms with E-state index in [1.54, 1.807) is 0 Å². The molecule has 0 amide bonds. The van der Waals surface area contributed by atoms with Crippen LogP contribution >= 0.6 is 11.8 Å². The molecule has 0 aliphatic rings. The van der Waals surface area contributed by atoms with Gasteiger partial charge in [0.15, 0.2) is 0 Å². The van der Waals surface area contributed by atoms with Crippen molar-refractivity contribution in [2.75, 3.05) is 5.75 Å². The maximum atomic E-state index is 8.71. The Labute approximate surface area is 120 Å². The molecule has 0 spiro atoms. The van der Waals surface area contributed by atoms with Crippen LogP contribution in [0.15, 0.2) is 29.4 Å². The molecule has 1 aromatic carbocycles. The van der Waals surface area contributed by atoms with Crippen LogP contribution in [0.1, 0.15) is 37.8 Å². The van der Waals surface area contributed by atoms with Crippen LogP contribution < -0.4 is 5.73 Å². The summed E-state index contributed by atoms with van der Waals surface area (Å²) in [5.41, 5.74) is 8.13. The van der Waals surface area contributed by atoms with Crippen molar-refractivity contribution in [2.24, 2.45) is 16.3 Å². The number of aryl methyl sites for hydroxylation is 1. The Morgan fingerprint density at radius 2 is 2.16 bits per heavy atom. The summed E-state index contributed by atoms with van der Waals surface area (Å²) in [6.07, 6.45) is 2.00. The van der Waals surface area contributed by atoms with Gasteiger partial charge in [0.2, 0.25) is 0 Å². The normalized spacial score (nSPS) is 12.7. The second kappa shape index (κ2) is 7.43. The molecule has 0 radical (unpaired) electrons. The molecular weight excluding hydrogens is 256 g/mol.